The van der Waals surface area contributed by atoms with Crippen LogP contribution in [0.25, 0.3) is 0 Å². The number of benzene rings is 2. The van der Waals surface area contributed by atoms with Crippen LogP contribution in [0.15, 0.2) is 41.3 Å². The Morgan fingerprint density at radius 1 is 0.964 bits per heavy atom. The van der Waals surface area contributed by atoms with Gasteiger partial charge in [0.05, 0.1) is 4.90 Å². The first kappa shape index (κ1) is 18.8. The zero-order valence-electron chi connectivity index (χ0n) is 15.4. The summed E-state index contributed by atoms with van der Waals surface area (Å²) in [7, 11) is -3.74. The van der Waals surface area contributed by atoms with Gasteiger partial charge in [-0.3, -0.25) is 4.79 Å². The van der Waals surface area contributed by atoms with Crippen molar-refractivity contribution >= 4 is 21.6 Å². The van der Waals surface area contributed by atoms with Gasteiger partial charge >= 0.3 is 0 Å². The number of hydrogen-bond donors (Lipinski definition) is 2. The van der Waals surface area contributed by atoms with Crippen LogP contribution in [0.3, 0.4) is 0 Å². The number of hydrogen-bond acceptors (Lipinski definition) is 5. The van der Waals surface area contributed by atoms with Gasteiger partial charge in [-0.05, 0) is 54.7 Å². The molecule has 7 nitrogen and oxygen atoms in total. The van der Waals surface area contributed by atoms with Crippen LogP contribution in [0.2, 0.25) is 0 Å². The van der Waals surface area contributed by atoms with Crippen LogP contribution >= 0.6 is 0 Å². The fourth-order valence-electron chi connectivity index (χ4n) is 3.45. The standard InChI is InChI=1S/C20H22N2O5S/c23-20(22-16-5-4-14-2-1-3-15(14)12-16)8-9-21-28(24,25)17-6-7-18-19(13-17)27-11-10-26-18/h4-7,12-13,21H,1-3,8-11H2,(H,22,23). The summed E-state index contributed by atoms with van der Waals surface area (Å²) in [5.74, 6) is 0.699. The van der Waals surface area contributed by atoms with Crippen molar-refractivity contribution < 1.29 is 22.7 Å². The van der Waals surface area contributed by atoms with Gasteiger partial charge in [-0.15, -0.1) is 0 Å². The van der Waals surface area contributed by atoms with Crippen molar-refractivity contribution in [3.8, 4) is 11.5 Å². The number of carbonyl (C=O) groups excluding carboxylic acids is 1. The minimum atomic E-state index is -3.74. The van der Waals surface area contributed by atoms with Crippen LogP contribution < -0.4 is 19.5 Å². The van der Waals surface area contributed by atoms with E-state index in [9.17, 15) is 13.2 Å². The molecule has 0 bridgehead atoms. The summed E-state index contributed by atoms with van der Waals surface area (Å²) in [4.78, 5) is 12.2. The third-order valence-corrected chi connectivity index (χ3v) is 6.31. The maximum Gasteiger partial charge on any atom is 0.240 e. The molecule has 1 aliphatic carbocycles. The van der Waals surface area contributed by atoms with Crippen LogP contribution in [0.1, 0.15) is 24.0 Å². The Balaban J connectivity index is 1.32. The van der Waals surface area contributed by atoms with Crippen LogP contribution in [-0.4, -0.2) is 34.1 Å². The van der Waals surface area contributed by atoms with Crippen molar-refractivity contribution in [2.45, 2.75) is 30.6 Å². The minimum Gasteiger partial charge on any atom is -0.486 e. The van der Waals surface area contributed by atoms with Crippen molar-refractivity contribution in [1.29, 1.82) is 0 Å². The van der Waals surface area contributed by atoms with E-state index in [1.807, 2.05) is 18.2 Å². The maximum atomic E-state index is 12.4. The molecular formula is C20H22N2O5S. The molecule has 148 valence electrons. The summed E-state index contributed by atoms with van der Waals surface area (Å²) in [5, 5.41) is 2.83. The molecule has 1 heterocycles. The summed E-state index contributed by atoms with van der Waals surface area (Å²) >= 11 is 0. The lowest BCUT2D eigenvalue weighted by Gasteiger charge is -2.18. The van der Waals surface area contributed by atoms with Crippen LogP contribution in [0, 0.1) is 0 Å². The van der Waals surface area contributed by atoms with E-state index in [2.05, 4.69) is 10.0 Å². The second kappa shape index (κ2) is 7.81. The minimum absolute atomic E-state index is 0.00749. The molecule has 0 saturated heterocycles. The van der Waals surface area contributed by atoms with Crippen molar-refractivity contribution in [3.63, 3.8) is 0 Å². The molecule has 0 unspecified atom stereocenters. The molecule has 2 aliphatic rings. The van der Waals surface area contributed by atoms with Crippen molar-refractivity contribution in [1.82, 2.24) is 4.72 Å². The Bertz CT molecular complexity index is 1000. The molecule has 0 radical (unpaired) electrons. The van der Waals surface area contributed by atoms with Gasteiger partial charge in [0.15, 0.2) is 11.5 Å². The number of sulfonamides is 1. The maximum absolute atomic E-state index is 12.4. The van der Waals surface area contributed by atoms with E-state index in [1.165, 1.54) is 23.3 Å². The summed E-state index contributed by atoms with van der Waals surface area (Å²) < 4.78 is 38.2. The summed E-state index contributed by atoms with van der Waals surface area (Å²) in [6.45, 7) is 0.830. The number of rotatable bonds is 6. The Labute approximate surface area is 164 Å². The molecule has 2 N–H and O–H groups in total. The van der Waals surface area contributed by atoms with E-state index < -0.39 is 10.0 Å². The molecule has 2 aromatic carbocycles. The summed E-state index contributed by atoms with van der Waals surface area (Å²) in [5.41, 5.74) is 3.36. The largest absolute Gasteiger partial charge is 0.486 e. The van der Waals surface area contributed by atoms with Gasteiger partial charge in [-0.25, -0.2) is 13.1 Å². The second-order valence-corrected chi connectivity index (χ2v) is 8.61. The lowest BCUT2D eigenvalue weighted by atomic mass is 10.1. The second-order valence-electron chi connectivity index (χ2n) is 6.84. The normalized spacial score (nSPS) is 15.1. The van der Waals surface area contributed by atoms with Gasteiger partial charge in [-0.1, -0.05) is 6.07 Å². The van der Waals surface area contributed by atoms with Gasteiger partial charge in [0.1, 0.15) is 13.2 Å². The Morgan fingerprint density at radius 2 is 1.75 bits per heavy atom. The highest BCUT2D eigenvalue weighted by Gasteiger charge is 2.19. The number of aryl methyl sites for hydroxylation is 2. The zero-order valence-corrected chi connectivity index (χ0v) is 16.2. The first-order valence-electron chi connectivity index (χ1n) is 9.32. The number of amides is 1. The van der Waals surface area contributed by atoms with Gasteiger partial charge in [-0.2, -0.15) is 0 Å². The van der Waals surface area contributed by atoms with Crippen molar-refractivity contribution in [2.75, 3.05) is 25.1 Å². The monoisotopic (exact) mass is 402 g/mol. The van der Waals surface area contributed by atoms with E-state index in [0.717, 1.165) is 24.9 Å². The van der Waals surface area contributed by atoms with E-state index in [-0.39, 0.29) is 23.8 Å². The predicted molar refractivity (Wildman–Crippen MR) is 104 cm³/mol. The Hall–Kier alpha value is -2.58. The number of anilines is 1. The SMILES string of the molecule is O=C(CCNS(=O)(=O)c1ccc2c(c1)OCCO2)Nc1ccc2c(c1)CCC2. The third-order valence-electron chi connectivity index (χ3n) is 4.85. The molecule has 1 amide bonds. The van der Waals surface area contributed by atoms with E-state index in [4.69, 9.17) is 9.47 Å². The molecule has 0 saturated carbocycles. The van der Waals surface area contributed by atoms with Crippen LogP contribution in [0.4, 0.5) is 5.69 Å². The number of carbonyl (C=O) groups is 1. The smallest absolute Gasteiger partial charge is 0.240 e. The zero-order chi connectivity index (χ0) is 19.6. The fraction of sp³-hybridized carbons (Fsp3) is 0.350. The molecule has 0 atom stereocenters. The molecule has 8 heteroatoms. The van der Waals surface area contributed by atoms with Gasteiger partial charge < -0.3 is 14.8 Å². The van der Waals surface area contributed by atoms with E-state index in [0.29, 0.717) is 24.7 Å². The summed E-state index contributed by atoms with van der Waals surface area (Å²) in [6.07, 6.45) is 3.31. The fourth-order valence-corrected chi connectivity index (χ4v) is 4.49. The molecule has 0 spiro atoms. The highest BCUT2D eigenvalue weighted by molar-refractivity contribution is 7.89. The van der Waals surface area contributed by atoms with Crippen LogP contribution in [0.5, 0.6) is 11.5 Å². The highest BCUT2D eigenvalue weighted by atomic mass is 32.2. The van der Waals surface area contributed by atoms with Gasteiger partial charge in [0.2, 0.25) is 15.9 Å². The number of fused-ring (bicyclic) bond motifs is 2. The quantitative estimate of drug-likeness (QED) is 0.773. The topological polar surface area (TPSA) is 93.7 Å². The van der Waals surface area contributed by atoms with Gasteiger partial charge in [0.25, 0.3) is 0 Å². The van der Waals surface area contributed by atoms with Crippen LogP contribution in [-0.2, 0) is 27.7 Å². The van der Waals surface area contributed by atoms with Crippen molar-refractivity contribution in [3.05, 3.63) is 47.5 Å². The molecular weight excluding hydrogens is 380 g/mol. The molecule has 0 fully saturated rings. The van der Waals surface area contributed by atoms with E-state index in [1.54, 1.807) is 6.07 Å². The molecule has 2 aromatic rings. The Kier molecular flexibility index (Phi) is 5.23. The molecule has 4 rings (SSSR count). The average Bonchev–Trinajstić information content (AvgIpc) is 3.15. The average molecular weight is 402 g/mol. The summed E-state index contributed by atoms with van der Waals surface area (Å²) in [6, 6.07) is 10.4. The molecule has 28 heavy (non-hydrogen) atoms. The lowest BCUT2D eigenvalue weighted by Crippen LogP contribution is -2.28. The number of ether oxygens (including phenoxy) is 2. The highest BCUT2D eigenvalue weighted by Crippen LogP contribution is 2.32. The van der Waals surface area contributed by atoms with Gasteiger partial charge in [0, 0.05) is 24.7 Å². The first-order valence-corrected chi connectivity index (χ1v) is 10.8. The third kappa shape index (κ3) is 4.13. The number of nitrogens with one attached hydrogen (secondary N) is 2. The lowest BCUT2D eigenvalue weighted by molar-refractivity contribution is -0.116. The molecule has 1 aliphatic heterocycles. The van der Waals surface area contributed by atoms with E-state index >= 15 is 0 Å². The van der Waals surface area contributed by atoms with Crippen molar-refractivity contribution in [2.24, 2.45) is 0 Å². The molecule has 0 aromatic heterocycles. The predicted octanol–water partition coefficient (Wildman–Crippen LogP) is 2.25. The first-order chi connectivity index (χ1) is 13.5. The Morgan fingerprint density at radius 3 is 2.61 bits per heavy atom.